The van der Waals surface area contributed by atoms with Crippen molar-refractivity contribution in [2.75, 3.05) is 0 Å². The van der Waals surface area contributed by atoms with Gasteiger partial charge in [-0.15, -0.1) is 0 Å². The van der Waals surface area contributed by atoms with E-state index in [-0.39, 0.29) is 0 Å². The average molecular weight is 825 g/mol. The Morgan fingerprint density at radius 2 is 0.517 bits per heavy atom. The number of hydrogen-bond acceptors (Lipinski definition) is 7. The molecule has 4 rings (SSSR count). The quantitative estimate of drug-likeness (QED) is 0.0417. The van der Waals surface area contributed by atoms with Crippen LogP contribution in [0.25, 0.3) is 0 Å². The van der Waals surface area contributed by atoms with Gasteiger partial charge in [0.1, 0.15) is 23.0 Å². The van der Waals surface area contributed by atoms with E-state index >= 15 is 0 Å². The summed E-state index contributed by atoms with van der Waals surface area (Å²) in [5, 5.41) is 55.0. The van der Waals surface area contributed by atoms with Gasteiger partial charge >= 0.3 is 0 Å². The molecule has 4 N–H and O–H groups in total. The first-order valence-electron chi connectivity index (χ1n) is 23.2. The molecule has 7 nitrogen and oxygen atoms in total. The number of benzene rings is 4. The van der Waals surface area contributed by atoms with Crippen LogP contribution in [-0.4, -0.2) is 26.6 Å². The number of hydrogen-bond donors (Lipinski definition) is 4. The predicted molar refractivity (Wildman–Crippen MR) is 244 cm³/mol. The molecule has 60 heavy (non-hydrogen) atoms. The van der Waals surface area contributed by atoms with Crippen molar-refractivity contribution in [3.05, 3.63) is 119 Å². The first-order chi connectivity index (χ1) is 29.1. The zero-order valence-electron chi connectivity index (χ0n) is 36.9. The second-order valence-electron chi connectivity index (χ2n) is 16.4. The molecule has 7 heteroatoms. The first kappa shape index (κ1) is 51.5. The lowest BCUT2D eigenvalue weighted by Crippen LogP contribution is -2.37. The van der Waals surface area contributed by atoms with E-state index in [2.05, 4.69) is 13.8 Å². The van der Waals surface area contributed by atoms with E-state index in [9.17, 15) is 20.4 Å². The number of carboxylic acid groups (broad SMARTS) is 2. The highest BCUT2D eigenvalue weighted by atomic mass is 16.6. The van der Waals surface area contributed by atoms with Crippen molar-refractivity contribution < 1.29 is 35.4 Å². The van der Waals surface area contributed by atoms with E-state index in [4.69, 9.17) is 15.0 Å². The van der Waals surface area contributed by atoms with Gasteiger partial charge in [0, 0.05) is 11.8 Å². The molecule has 0 bridgehead atoms. The van der Waals surface area contributed by atoms with Crippen molar-refractivity contribution in [2.45, 2.75) is 180 Å². The molecule has 0 aliphatic heterocycles. The zero-order valence-corrected chi connectivity index (χ0v) is 36.9. The standard InChI is InChI=1S/2C26H38O2.CH2O3/c2*1-2-3-4-5-6-7-8-9-10-11-12-13-26(22-14-18-24(27)19-15-22)23-16-20-25(28)21-17-23;2-1(3)4/h2*14-21,26-28H,2-13H2,1H3;(H2,2,3,4)/p-2. The lowest BCUT2D eigenvalue weighted by molar-refractivity contribution is -0.415. The van der Waals surface area contributed by atoms with Crippen molar-refractivity contribution in [3.63, 3.8) is 0 Å². The van der Waals surface area contributed by atoms with E-state index in [0.717, 1.165) is 12.8 Å². The van der Waals surface area contributed by atoms with E-state index in [1.54, 1.807) is 48.5 Å². The number of carbonyl (C=O) groups is 1. The lowest BCUT2D eigenvalue weighted by atomic mass is 9.86. The first-order valence-corrected chi connectivity index (χ1v) is 23.2. The molecule has 0 spiro atoms. The van der Waals surface area contributed by atoms with Gasteiger partial charge in [0.15, 0.2) is 0 Å². The molecule has 0 fully saturated rings. The van der Waals surface area contributed by atoms with E-state index in [0.29, 0.717) is 34.8 Å². The summed E-state index contributed by atoms with van der Waals surface area (Å²) in [4.78, 5) is 8.33. The van der Waals surface area contributed by atoms with Crippen LogP contribution in [0.15, 0.2) is 97.1 Å². The van der Waals surface area contributed by atoms with Gasteiger partial charge in [0.25, 0.3) is 0 Å². The molecule has 0 radical (unpaired) electrons. The minimum absolute atomic E-state index is 0.308. The highest BCUT2D eigenvalue weighted by Gasteiger charge is 2.15. The van der Waals surface area contributed by atoms with Crippen LogP contribution in [0.4, 0.5) is 4.79 Å². The molecule has 0 amide bonds. The minimum Gasteiger partial charge on any atom is -0.652 e. The smallest absolute Gasteiger partial charge is 0.115 e. The maximum atomic E-state index is 9.59. The van der Waals surface area contributed by atoms with Crippen molar-refractivity contribution in [1.29, 1.82) is 0 Å². The molecular formula is C53H76O7-2. The fourth-order valence-corrected chi connectivity index (χ4v) is 7.90. The Hall–Kier alpha value is -4.65. The van der Waals surface area contributed by atoms with Crippen LogP contribution >= 0.6 is 0 Å². The molecule has 0 aliphatic carbocycles. The van der Waals surface area contributed by atoms with Crippen LogP contribution in [-0.2, 0) is 0 Å². The van der Waals surface area contributed by atoms with Gasteiger partial charge in [-0.25, -0.2) is 0 Å². The maximum Gasteiger partial charge on any atom is 0.115 e. The van der Waals surface area contributed by atoms with Crippen LogP contribution in [0.1, 0.15) is 202 Å². The molecular weight excluding hydrogens is 749 g/mol. The highest BCUT2D eigenvalue weighted by Crippen LogP contribution is 2.33. The highest BCUT2D eigenvalue weighted by molar-refractivity contribution is 5.47. The molecule has 4 aromatic carbocycles. The van der Waals surface area contributed by atoms with Gasteiger partial charge in [-0.2, -0.15) is 0 Å². The van der Waals surface area contributed by atoms with Crippen LogP contribution in [0.2, 0.25) is 0 Å². The summed E-state index contributed by atoms with van der Waals surface area (Å²) in [7, 11) is 0. The number of phenols is 4. The molecule has 332 valence electrons. The Labute approximate surface area is 362 Å². The van der Waals surface area contributed by atoms with E-state index < -0.39 is 6.16 Å². The van der Waals surface area contributed by atoms with E-state index in [1.807, 2.05) is 48.5 Å². The Kier molecular flexibility index (Phi) is 28.4. The summed E-state index contributed by atoms with van der Waals surface area (Å²) in [6.07, 6.45) is 29.7. The summed E-state index contributed by atoms with van der Waals surface area (Å²) < 4.78 is 0. The van der Waals surface area contributed by atoms with Gasteiger partial charge in [-0.3, -0.25) is 0 Å². The molecule has 0 saturated heterocycles. The fraction of sp³-hybridized carbons (Fsp3) is 0.528. The molecule has 0 heterocycles. The summed E-state index contributed by atoms with van der Waals surface area (Å²) in [6.45, 7) is 4.54. The number of unbranched alkanes of at least 4 members (excludes halogenated alkanes) is 20. The maximum absolute atomic E-state index is 9.59. The van der Waals surface area contributed by atoms with Crippen LogP contribution in [0.3, 0.4) is 0 Å². The Morgan fingerprint density at radius 1 is 0.350 bits per heavy atom. The molecule has 4 aromatic rings. The minimum atomic E-state index is -2.33. The van der Waals surface area contributed by atoms with E-state index in [1.165, 1.54) is 164 Å². The second kappa shape index (κ2) is 33.1. The van der Waals surface area contributed by atoms with Crippen molar-refractivity contribution in [1.82, 2.24) is 0 Å². The van der Waals surface area contributed by atoms with Gasteiger partial charge in [0.2, 0.25) is 0 Å². The van der Waals surface area contributed by atoms with Crippen molar-refractivity contribution in [3.8, 4) is 23.0 Å². The second-order valence-corrected chi connectivity index (χ2v) is 16.4. The zero-order chi connectivity index (χ0) is 43.6. The fourth-order valence-electron chi connectivity index (χ4n) is 7.90. The van der Waals surface area contributed by atoms with Crippen LogP contribution < -0.4 is 10.2 Å². The van der Waals surface area contributed by atoms with Gasteiger partial charge in [-0.05, 0) is 89.8 Å². The van der Waals surface area contributed by atoms with Gasteiger partial charge in [0.05, 0.1) is 0 Å². The van der Waals surface area contributed by atoms with Crippen molar-refractivity contribution >= 4 is 6.16 Å². The average Bonchev–Trinajstić information content (AvgIpc) is 3.24. The summed E-state index contributed by atoms with van der Waals surface area (Å²) in [5.41, 5.74) is 4.93. The number of phenolic OH excluding ortho intramolecular Hbond substituents is 4. The van der Waals surface area contributed by atoms with Crippen molar-refractivity contribution in [2.24, 2.45) is 0 Å². The van der Waals surface area contributed by atoms with Gasteiger partial charge in [-0.1, -0.05) is 204 Å². The number of carbonyl (C=O) groups excluding carboxylic acids is 1. The van der Waals surface area contributed by atoms with Crippen LogP contribution in [0.5, 0.6) is 23.0 Å². The number of aromatic hydroxyl groups is 4. The SMILES string of the molecule is CCCCCCCCCCCCCC(c1ccc(O)cc1)c1ccc(O)cc1.CCCCCCCCCCCCCC(c1ccc(O)cc1)c1ccc(O)cc1.O=C([O-])[O-]. The largest absolute Gasteiger partial charge is 0.652 e. The topological polar surface area (TPSA) is 144 Å². The Morgan fingerprint density at radius 3 is 0.700 bits per heavy atom. The summed E-state index contributed by atoms with van der Waals surface area (Å²) >= 11 is 0. The van der Waals surface area contributed by atoms with Crippen LogP contribution in [0, 0.1) is 0 Å². The Bertz CT molecular complexity index is 1390. The number of rotatable bonds is 28. The third-order valence-corrected chi connectivity index (χ3v) is 11.4. The molecule has 0 aromatic heterocycles. The third kappa shape index (κ3) is 24.4. The molecule has 0 atom stereocenters. The van der Waals surface area contributed by atoms with Gasteiger partial charge < -0.3 is 35.4 Å². The molecule has 0 aliphatic rings. The molecule has 0 saturated carbocycles. The third-order valence-electron chi connectivity index (χ3n) is 11.4. The lowest BCUT2D eigenvalue weighted by Gasteiger charge is -2.18. The Balaban J connectivity index is 0.000000379. The summed E-state index contributed by atoms with van der Waals surface area (Å²) in [5.74, 6) is 1.87. The summed E-state index contributed by atoms with van der Waals surface area (Å²) in [6, 6.07) is 30.3. The monoisotopic (exact) mass is 825 g/mol. The predicted octanol–water partition coefficient (Wildman–Crippen LogP) is 13.4. The normalized spacial score (nSPS) is 10.9. The molecule has 0 unspecified atom stereocenters.